The molecule has 0 saturated heterocycles. The molecule has 3 nitrogen and oxygen atoms in total. The average Bonchev–Trinajstić information content (AvgIpc) is 2.62. The predicted octanol–water partition coefficient (Wildman–Crippen LogP) is 4.90. The van der Waals surface area contributed by atoms with E-state index in [1.54, 1.807) is 0 Å². The summed E-state index contributed by atoms with van der Waals surface area (Å²) in [5, 5.41) is 9.72. The van der Waals surface area contributed by atoms with Crippen LogP contribution in [0.5, 0.6) is 5.75 Å². The molecular weight excluding hydrogens is 357 g/mol. The predicted molar refractivity (Wildman–Crippen MR) is 108 cm³/mol. The van der Waals surface area contributed by atoms with Gasteiger partial charge in [-0.2, -0.15) is 0 Å². The lowest BCUT2D eigenvalue weighted by Gasteiger charge is -2.19. The second-order valence-corrected chi connectivity index (χ2v) is 6.16. The summed E-state index contributed by atoms with van der Waals surface area (Å²) < 4.78 is 6.00. The molecule has 0 bridgehead atoms. The zero-order chi connectivity index (χ0) is 17.2. The van der Waals surface area contributed by atoms with E-state index >= 15 is 0 Å². The zero-order valence-electron chi connectivity index (χ0n) is 14.7. The lowest BCUT2D eigenvalue weighted by molar-refractivity contribution is 0.195. The van der Waals surface area contributed by atoms with Crippen LogP contribution >= 0.6 is 24.0 Å². The molecule has 5 heteroatoms. The molecule has 0 saturated carbocycles. The van der Waals surface area contributed by atoms with Crippen molar-refractivity contribution in [2.75, 3.05) is 32.8 Å². The Morgan fingerprint density at radius 1 is 1.04 bits per heavy atom. The van der Waals surface area contributed by atoms with Gasteiger partial charge in [0.15, 0.2) is 0 Å². The molecule has 0 aliphatic carbocycles. The highest BCUT2D eigenvalue weighted by atomic mass is 35.5. The van der Waals surface area contributed by atoms with Crippen molar-refractivity contribution in [3.63, 3.8) is 0 Å². The summed E-state index contributed by atoms with van der Waals surface area (Å²) in [7, 11) is 0. The number of halogens is 2. The first-order valence-electron chi connectivity index (χ1n) is 8.55. The molecule has 0 aliphatic rings. The van der Waals surface area contributed by atoms with E-state index in [1.165, 1.54) is 0 Å². The number of nitrogens with zero attached hydrogens (tertiary/aromatic N) is 1. The topological polar surface area (TPSA) is 32.7 Å². The van der Waals surface area contributed by atoms with Crippen LogP contribution in [0.1, 0.15) is 19.8 Å². The van der Waals surface area contributed by atoms with Crippen molar-refractivity contribution in [1.29, 1.82) is 0 Å². The molecule has 0 spiro atoms. The average molecular weight is 384 g/mol. The van der Waals surface area contributed by atoms with E-state index in [0.29, 0.717) is 11.6 Å². The van der Waals surface area contributed by atoms with Gasteiger partial charge < -0.3 is 14.7 Å². The molecule has 2 aromatic carbocycles. The third-order valence-corrected chi connectivity index (χ3v) is 4.25. The number of ether oxygens (including phenoxy) is 1. The van der Waals surface area contributed by atoms with Crippen LogP contribution in [0.3, 0.4) is 0 Å². The van der Waals surface area contributed by atoms with Gasteiger partial charge in [0.2, 0.25) is 0 Å². The SMILES string of the molecule is CCN(CCO)CCCCOc1ccc(Cl)cc1-c1ccccc1.Cl. The zero-order valence-corrected chi connectivity index (χ0v) is 16.2. The standard InChI is InChI=1S/C20H26ClNO2.ClH/c1-2-22(13-14-23)12-6-7-15-24-20-11-10-18(21)16-19(20)17-8-4-3-5-9-17;/h3-5,8-11,16,23H,2,6-7,12-15H2,1H3;1H. The molecule has 0 aliphatic heterocycles. The monoisotopic (exact) mass is 383 g/mol. The largest absolute Gasteiger partial charge is 0.493 e. The fourth-order valence-corrected chi connectivity index (χ4v) is 2.83. The van der Waals surface area contributed by atoms with Gasteiger partial charge in [0, 0.05) is 17.1 Å². The van der Waals surface area contributed by atoms with Gasteiger partial charge in [-0.3, -0.25) is 0 Å². The van der Waals surface area contributed by atoms with E-state index in [1.807, 2.05) is 36.4 Å². The van der Waals surface area contributed by atoms with Gasteiger partial charge in [0.25, 0.3) is 0 Å². The Hall–Kier alpha value is -1.26. The maximum atomic E-state index is 9.00. The minimum atomic E-state index is 0. The van der Waals surface area contributed by atoms with E-state index in [-0.39, 0.29) is 19.0 Å². The minimum Gasteiger partial charge on any atom is -0.493 e. The Kier molecular flexibility index (Phi) is 10.6. The van der Waals surface area contributed by atoms with Crippen LogP contribution in [0.4, 0.5) is 0 Å². The molecule has 0 fully saturated rings. The fourth-order valence-electron chi connectivity index (χ4n) is 2.66. The van der Waals surface area contributed by atoms with E-state index in [2.05, 4.69) is 24.0 Å². The Morgan fingerprint density at radius 2 is 1.80 bits per heavy atom. The molecule has 0 atom stereocenters. The molecule has 0 heterocycles. The van der Waals surface area contributed by atoms with Gasteiger partial charge in [0.05, 0.1) is 13.2 Å². The van der Waals surface area contributed by atoms with E-state index in [0.717, 1.165) is 49.4 Å². The van der Waals surface area contributed by atoms with Crippen LogP contribution in [0.15, 0.2) is 48.5 Å². The first-order chi connectivity index (χ1) is 11.7. The second-order valence-electron chi connectivity index (χ2n) is 5.72. The van der Waals surface area contributed by atoms with Crippen LogP contribution < -0.4 is 4.74 Å². The van der Waals surface area contributed by atoms with Crippen molar-refractivity contribution in [3.8, 4) is 16.9 Å². The van der Waals surface area contributed by atoms with Crippen LogP contribution in [0.25, 0.3) is 11.1 Å². The van der Waals surface area contributed by atoms with Crippen LogP contribution in [0, 0.1) is 0 Å². The van der Waals surface area contributed by atoms with Crippen LogP contribution in [-0.4, -0.2) is 42.9 Å². The van der Waals surface area contributed by atoms with Gasteiger partial charge in [-0.15, -0.1) is 12.4 Å². The van der Waals surface area contributed by atoms with Gasteiger partial charge in [-0.25, -0.2) is 0 Å². The summed E-state index contributed by atoms with van der Waals surface area (Å²) in [6.45, 7) is 5.72. The lowest BCUT2D eigenvalue weighted by atomic mass is 10.0. The summed E-state index contributed by atoms with van der Waals surface area (Å²) in [4.78, 5) is 2.25. The number of aliphatic hydroxyl groups is 1. The van der Waals surface area contributed by atoms with E-state index in [4.69, 9.17) is 21.4 Å². The molecule has 0 amide bonds. The first-order valence-corrected chi connectivity index (χ1v) is 8.93. The number of aliphatic hydroxyl groups excluding tert-OH is 1. The highest BCUT2D eigenvalue weighted by Crippen LogP contribution is 2.32. The molecule has 0 aromatic heterocycles. The second kappa shape index (κ2) is 12.2. The van der Waals surface area contributed by atoms with Crippen LogP contribution in [0.2, 0.25) is 5.02 Å². The minimum absolute atomic E-state index is 0. The maximum absolute atomic E-state index is 9.00. The third-order valence-electron chi connectivity index (χ3n) is 4.02. The quantitative estimate of drug-likeness (QED) is 0.592. The summed E-state index contributed by atoms with van der Waals surface area (Å²) in [5.74, 6) is 0.869. The van der Waals surface area contributed by atoms with Gasteiger partial charge in [-0.1, -0.05) is 48.9 Å². The summed E-state index contributed by atoms with van der Waals surface area (Å²) >= 11 is 6.15. The molecule has 2 aromatic rings. The third kappa shape index (κ3) is 7.25. The molecule has 25 heavy (non-hydrogen) atoms. The van der Waals surface area contributed by atoms with Crippen molar-refractivity contribution in [2.24, 2.45) is 0 Å². The Labute approximate surface area is 162 Å². The number of benzene rings is 2. The van der Waals surface area contributed by atoms with Gasteiger partial charge >= 0.3 is 0 Å². The molecule has 138 valence electrons. The van der Waals surface area contributed by atoms with E-state index in [9.17, 15) is 0 Å². The highest BCUT2D eigenvalue weighted by Gasteiger charge is 2.07. The molecule has 1 N–H and O–H groups in total. The number of rotatable bonds is 10. The Balaban J connectivity index is 0.00000312. The van der Waals surface area contributed by atoms with Crippen molar-refractivity contribution in [1.82, 2.24) is 4.90 Å². The number of hydrogen-bond donors (Lipinski definition) is 1. The van der Waals surface area contributed by atoms with Crippen LogP contribution in [-0.2, 0) is 0 Å². The van der Waals surface area contributed by atoms with E-state index < -0.39 is 0 Å². The highest BCUT2D eigenvalue weighted by molar-refractivity contribution is 6.31. The lowest BCUT2D eigenvalue weighted by Crippen LogP contribution is -2.27. The smallest absolute Gasteiger partial charge is 0.127 e. The number of unbranched alkanes of at least 4 members (excludes halogenated alkanes) is 1. The van der Waals surface area contributed by atoms with Gasteiger partial charge in [0.1, 0.15) is 5.75 Å². The summed E-state index contributed by atoms with van der Waals surface area (Å²) in [6, 6.07) is 15.9. The van der Waals surface area contributed by atoms with Crippen molar-refractivity contribution < 1.29 is 9.84 Å². The van der Waals surface area contributed by atoms with Crippen molar-refractivity contribution in [3.05, 3.63) is 53.6 Å². The fraction of sp³-hybridized carbons (Fsp3) is 0.400. The summed E-state index contributed by atoms with van der Waals surface area (Å²) in [5.41, 5.74) is 2.13. The molecular formula is C20H27Cl2NO2. The number of hydrogen-bond acceptors (Lipinski definition) is 3. The van der Waals surface area contributed by atoms with Gasteiger partial charge in [-0.05, 0) is 49.7 Å². The molecule has 0 radical (unpaired) electrons. The normalized spacial score (nSPS) is 10.6. The van der Waals surface area contributed by atoms with Crippen molar-refractivity contribution in [2.45, 2.75) is 19.8 Å². The Morgan fingerprint density at radius 3 is 2.48 bits per heavy atom. The van der Waals surface area contributed by atoms with Crippen molar-refractivity contribution >= 4 is 24.0 Å². The molecule has 2 rings (SSSR count). The number of likely N-dealkylation sites (N-methyl/N-ethyl adjacent to an activating group) is 1. The molecule has 0 unspecified atom stereocenters. The summed E-state index contributed by atoms with van der Waals surface area (Å²) in [6.07, 6.45) is 2.04. The maximum Gasteiger partial charge on any atom is 0.127 e. The first kappa shape index (κ1) is 21.8. The Bertz CT molecular complexity index is 608.